The third-order valence-corrected chi connectivity index (χ3v) is 7.33. The Kier molecular flexibility index (Phi) is 12.7. The van der Waals surface area contributed by atoms with Gasteiger partial charge in [0.2, 0.25) is 0 Å². The first-order chi connectivity index (χ1) is 12.7. The zero-order valence-corrected chi connectivity index (χ0v) is 24.4. The van der Waals surface area contributed by atoms with Crippen LogP contribution in [0, 0.1) is 0 Å². The van der Waals surface area contributed by atoms with E-state index in [2.05, 4.69) is 65.1 Å². The fraction of sp³-hybridized carbons (Fsp3) is 0.714. The molecule has 0 saturated carbocycles. The van der Waals surface area contributed by atoms with Crippen LogP contribution in [-0.2, 0) is 44.8 Å². The van der Waals surface area contributed by atoms with Crippen molar-refractivity contribution < 1.29 is 38.7 Å². The average Bonchev–Trinajstić information content (AvgIpc) is 2.90. The molecule has 0 bridgehead atoms. The molecule has 1 aromatic rings. The number of benzene rings is 1. The Balaban J connectivity index is 0. The smallest absolute Gasteiger partial charge is 0.693 e. The van der Waals surface area contributed by atoms with E-state index in [0.717, 1.165) is 6.04 Å². The van der Waals surface area contributed by atoms with Gasteiger partial charge in [0.15, 0.2) is 0 Å². The van der Waals surface area contributed by atoms with E-state index in [1.165, 1.54) is 18.7 Å². The van der Waals surface area contributed by atoms with Crippen LogP contribution in [0.4, 0.5) is 0 Å². The maximum absolute atomic E-state index is 6.16. The minimum absolute atomic E-state index is 0. The number of rotatable bonds is 3. The predicted molar refractivity (Wildman–Crippen MR) is 131 cm³/mol. The fourth-order valence-corrected chi connectivity index (χ4v) is 3.91. The summed E-state index contributed by atoms with van der Waals surface area (Å²) < 4.78 is 22.7. The van der Waals surface area contributed by atoms with Crippen LogP contribution >= 0.6 is 0 Å². The van der Waals surface area contributed by atoms with Gasteiger partial charge >= 0.3 is 34.9 Å². The van der Waals surface area contributed by atoms with E-state index in [-0.39, 0.29) is 70.7 Å². The topological polar surface area (TPSA) is 104 Å². The Morgan fingerprint density at radius 1 is 0.774 bits per heavy atom. The van der Waals surface area contributed by atoms with Crippen LogP contribution in [0.1, 0.15) is 61.0 Å². The summed E-state index contributed by atoms with van der Waals surface area (Å²) in [7, 11) is 0.877. The molecule has 2 heterocycles. The van der Waals surface area contributed by atoms with Gasteiger partial charge in [0.1, 0.15) is 0 Å². The molecule has 3 radical (unpaired) electrons. The third-order valence-electron chi connectivity index (χ3n) is 6.24. The van der Waals surface area contributed by atoms with Crippen molar-refractivity contribution in [2.24, 2.45) is 0 Å². The molecule has 6 nitrogen and oxygen atoms in total. The van der Waals surface area contributed by atoms with Gasteiger partial charge in [0.05, 0.1) is 22.4 Å². The summed E-state index contributed by atoms with van der Waals surface area (Å²) >= 11 is 0. The van der Waals surface area contributed by atoms with Gasteiger partial charge in [-0.05, 0) is 66.9 Å². The second kappa shape index (κ2) is 11.9. The molecule has 2 saturated heterocycles. The molecule has 178 valence electrons. The zero-order valence-electron chi connectivity index (χ0n) is 20.8. The predicted octanol–water partition coefficient (Wildman–Crippen LogP) is 5.11. The van der Waals surface area contributed by atoms with Gasteiger partial charge in [0.25, 0.3) is 0 Å². The Bertz CT molecular complexity index is 661. The minimum Gasteiger partial charge on any atom is -0.693 e. The van der Waals surface area contributed by atoms with Crippen LogP contribution in [0.2, 0.25) is 13.1 Å². The Morgan fingerprint density at radius 2 is 1.19 bits per heavy atom. The van der Waals surface area contributed by atoms with Gasteiger partial charge in [-0.3, -0.25) is 0 Å². The van der Waals surface area contributed by atoms with Crippen LogP contribution < -0.4 is 5.46 Å². The molecule has 4 N–H and O–H groups in total. The van der Waals surface area contributed by atoms with Crippen molar-refractivity contribution in [3.63, 3.8) is 0 Å². The maximum Gasteiger partial charge on any atom is -0.693 e. The summed E-state index contributed by atoms with van der Waals surface area (Å²) in [5, 5.41) is 0. The largest absolute Gasteiger partial charge is 0.693 e. The van der Waals surface area contributed by atoms with Crippen LogP contribution in [0.5, 0.6) is 0 Å². The van der Waals surface area contributed by atoms with E-state index >= 15 is 0 Å². The SMILES string of the molecule is CC1(C)O[B]OC1(C)C.C[Si](C)Cc1ccccc1B1OC(C)(C)C(C)(C)O1.[IrH+2].[NH2-].[NH2-]. The van der Waals surface area contributed by atoms with Crippen molar-refractivity contribution in [3.05, 3.63) is 42.1 Å². The molecule has 10 heteroatoms. The second-order valence-corrected chi connectivity index (χ2v) is 12.8. The van der Waals surface area contributed by atoms with Crippen molar-refractivity contribution in [2.75, 3.05) is 0 Å². The first-order valence-corrected chi connectivity index (χ1v) is 12.8. The van der Waals surface area contributed by atoms with Gasteiger partial charge in [-0.1, -0.05) is 42.9 Å². The maximum atomic E-state index is 6.16. The van der Waals surface area contributed by atoms with E-state index in [0.29, 0.717) is 0 Å². The quantitative estimate of drug-likeness (QED) is 0.435. The third kappa shape index (κ3) is 7.76. The molecule has 0 atom stereocenters. The first-order valence-electron chi connectivity index (χ1n) is 10.1. The van der Waals surface area contributed by atoms with Crippen LogP contribution in [0.25, 0.3) is 12.3 Å². The van der Waals surface area contributed by atoms with Crippen LogP contribution in [0.15, 0.2) is 24.3 Å². The van der Waals surface area contributed by atoms with Crippen molar-refractivity contribution in [1.82, 2.24) is 0 Å². The Hall–Kier alpha value is -0.0239. The van der Waals surface area contributed by atoms with E-state index in [1.54, 1.807) is 0 Å². The summed E-state index contributed by atoms with van der Waals surface area (Å²) in [6.07, 6.45) is 0. The van der Waals surface area contributed by atoms with Crippen LogP contribution in [-0.4, -0.2) is 46.0 Å². The molecule has 0 aromatic heterocycles. The molecule has 0 amide bonds. The molecule has 1 aromatic carbocycles. The van der Waals surface area contributed by atoms with Gasteiger partial charge in [-0.15, -0.1) is 0 Å². The van der Waals surface area contributed by atoms with Crippen molar-refractivity contribution in [3.8, 4) is 0 Å². The monoisotopic (exact) mass is 628 g/mol. The normalized spacial score (nSPS) is 21.6. The molecule has 0 aliphatic carbocycles. The Labute approximate surface area is 206 Å². The van der Waals surface area contributed by atoms with Crippen molar-refractivity contribution in [1.29, 1.82) is 0 Å². The summed E-state index contributed by atoms with van der Waals surface area (Å²) in [6, 6.07) is 9.68. The fourth-order valence-electron chi connectivity index (χ4n) is 2.82. The molecule has 2 aliphatic heterocycles. The Morgan fingerprint density at radius 3 is 1.55 bits per heavy atom. The summed E-state index contributed by atoms with van der Waals surface area (Å²) in [6.45, 7) is 21.1. The molecular weight excluding hydrogens is 586 g/mol. The molecule has 2 fully saturated rings. The number of hydrogen-bond acceptors (Lipinski definition) is 4. The standard InChI is InChI=1S/C15H24BO2Si.C6H12BO2.Ir.2H2N.H/c1-14(2)15(3,4)18-16(17-14)13-10-8-7-9-12(13)11-19(5)6;1-5(2)6(3,4)9-7-8-5;;;;/h7-10H,11H2,1-6H3;1-4H3;;2*1H2;/q;;+2;2*-1;. The van der Waals surface area contributed by atoms with E-state index in [1.807, 2.05) is 27.7 Å². The van der Waals surface area contributed by atoms with Gasteiger partial charge in [-0.2, -0.15) is 0 Å². The average molecular weight is 627 g/mol. The molecule has 3 rings (SSSR count). The van der Waals surface area contributed by atoms with Gasteiger partial charge in [0, 0.05) is 8.80 Å². The van der Waals surface area contributed by atoms with Crippen molar-refractivity contribution in [2.45, 2.75) is 96.9 Å². The van der Waals surface area contributed by atoms with E-state index < -0.39 is 0 Å². The first kappa shape index (κ1) is 33.2. The molecule has 31 heavy (non-hydrogen) atoms. The minimum atomic E-state index is -0.306. The van der Waals surface area contributed by atoms with Crippen molar-refractivity contribution >= 4 is 29.1 Å². The van der Waals surface area contributed by atoms with Gasteiger partial charge in [-0.25, -0.2) is 0 Å². The van der Waals surface area contributed by atoms with Gasteiger partial charge < -0.3 is 30.9 Å². The second-order valence-electron chi connectivity index (χ2n) is 10.0. The summed E-state index contributed by atoms with van der Waals surface area (Å²) in [4.78, 5) is 0. The molecular formula is C21H41B2IrN2O4Si. The van der Waals surface area contributed by atoms with Crippen LogP contribution in [0.3, 0.4) is 0 Å². The molecule has 0 spiro atoms. The molecule has 2 aliphatic rings. The summed E-state index contributed by atoms with van der Waals surface area (Å²) in [5.41, 5.74) is 1.67. The number of hydrogen-bond donors (Lipinski definition) is 0. The summed E-state index contributed by atoms with van der Waals surface area (Å²) in [5.74, 6) is 0. The zero-order chi connectivity index (χ0) is 21.4. The van der Waals surface area contributed by atoms with E-state index in [4.69, 9.17) is 18.6 Å². The molecule has 0 unspecified atom stereocenters. The number of nitrogens with two attached hydrogens (primary N) is 2. The van der Waals surface area contributed by atoms with E-state index in [9.17, 15) is 0 Å².